The van der Waals surface area contributed by atoms with Crippen molar-refractivity contribution in [2.45, 2.75) is 20.3 Å². The largest absolute Gasteiger partial charge is 0.493 e. The lowest BCUT2D eigenvalue weighted by Gasteiger charge is -2.12. The number of benzene rings is 1. The van der Waals surface area contributed by atoms with Gasteiger partial charge < -0.3 is 10.8 Å². The van der Waals surface area contributed by atoms with Crippen molar-refractivity contribution in [3.05, 3.63) is 56.2 Å². The molecule has 2 rings (SSSR count). The molecule has 0 radical (unpaired) electrons. The zero-order chi connectivity index (χ0) is 17.9. The number of nitrogens with two attached hydrogens (primary N) is 1. The van der Waals surface area contributed by atoms with Gasteiger partial charge in [0.05, 0.1) is 11.4 Å². The number of aryl methyl sites for hydroxylation is 1. The molecule has 2 amide bonds. The molecule has 0 saturated heterocycles. The van der Waals surface area contributed by atoms with Crippen molar-refractivity contribution in [2.24, 2.45) is 10.8 Å². The molecule has 0 fully saturated rings. The molecule has 0 aliphatic rings. The fourth-order valence-corrected chi connectivity index (χ4v) is 2.15. The van der Waals surface area contributed by atoms with Gasteiger partial charge >= 0.3 is 11.7 Å². The molecule has 24 heavy (non-hydrogen) atoms. The summed E-state index contributed by atoms with van der Waals surface area (Å²) in [6.45, 7) is 3.55. The van der Waals surface area contributed by atoms with Crippen molar-refractivity contribution in [1.82, 2.24) is 15.0 Å². The summed E-state index contributed by atoms with van der Waals surface area (Å²) in [7, 11) is 0. The Kier molecular flexibility index (Phi) is 4.83. The molecule has 0 bridgehead atoms. The summed E-state index contributed by atoms with van der Waals surface area (Å²) < 4.78 is 0.950. The van der Waals surface area contributed by atoms with Gasteiger partial charge in [-0.25, -0.2) is 19.6 Å². The number of hydrogen-bond donors (Lipinski definition) is 4. The molecule has 9 nitrogen and oxygen atoms in total. The van der Waals surface area contributed by atoms with Crippen LogP contribution in [0.4, 0.5) is 4.79 Å². The van der Waals surface area contributed by atoms with Crippen molar-refractivity contribution < 1.29 is 9.90 Å². The number of aromatic hydroxyl groups is 1. The number of aromatic amines is 1. The van der Waals surface area contributed by atoms with Crippen molar-refractivity contribution in [3.8, 4) is 11.6 Å². The SMILES string of the molecule is CCC(=NNC(N)=O)c1c(O)n(-c2ccc(C)cc2)c(=O)[nH]c1=O. The van der Waals surface area contributed by atoms with Gasteiger partial charge in [-0.1, -0.05) is 24.6 Å². The summed E-state index contributed by atoms with van der Waals surface area (Å²) >= 11 is 0. The number of primary amides is 1. The Morgan fingerprint density at radius 2 is 1.96 bits per heavy atom. The predicted molar refractivity (Wildman–Crippen MR) is 88.6 cm³/mol. The minimum absolute atomic E-state index is 0.0772. The highest BCUT2D eigenvalue weighted by molar-refractivity contribution is 6.02. The standard InChI is InChI=1S/C15H17N5O4/c1-3-10(18-19-14(16)23)11-12(21)17-15(24)20(13(11)22)9-6-4-8(2)5-7-9/h4-7,22H,3H2,1-2H3,(H3,16,19,23)(H,17,21,24). The fourth-order valence-electron chi connectivity index (χ4n) is 2.15. The minimum atomic E-state index is -0.913. The molecular weight excluding hydrogens is 314 g/mol. The predicted octanol–water partition coefficient (Wildman–Crippen LogP) is 0.322. The third-order valence-electron chi connectivity index (χ3n) is 3.30. The lowest BCUT2D eigenvalue weighted by atomic mass is 10.1. The van der Waals surface area contributed by atoms with E-state index in [1.807, 2.05) is 12.3 Å². The van der Waals surface area contributed by atoms with Gasteiger partial charge in [0.15, 0.2) is 0 Å². The number of amides is 2. The summed E-state index contributed by atoms with van der Waals surface area (Å²) in [4.78, 5) is 37.1. The van der Waals surface area contributed by atoms with Crippen LogP contribution in [0.3, 0.4) is 0 Å². The van der Waals surface area contributed by atoms with Gasteiger partial charge in [0.1, 0.15) is 5.56 Å². The van der Waals surface area contributed by atoms with Crippen LogP contribution < -0.4 is 22.4 Å². The highest BCUT2D eigenvalue weighted by Gasteiger charge is 2.19. The third-order valence-corrected chi connectivity index (χ3v) is 3.30. The van der Waals surface area contributed by atoms with Crippen LogP contribution in [0.25, 0.3) is 5.69 Å². The Balaban J connectivity index is 2.70. The number of aromatic nitrogens is 2. The molecular formula is C15H17N5O4. The first kappa shape index (κ1) is 17.0. The van der Waals surface area contributed by atoms with Crippen LogP contribution in [0.1, 0.15) is 24.5 Å². The van der Waals surface area contributed by atoms with Crippen LogP contribution in [-0.2, 0) is 0 Å². The van der Waals surface area contributed by atoms with E-state index in [-0.39, 0.29) is 17.7 Å². The lowest BCUT2D eigenvalue weighted by molar-refractivity contribution is 0.249. The Morgan fingerprint density at radius 1 is 1.33 bits per heavy atom. The van der Waals surface area contributed by atoms with Crippen LogP contribution in [-0.4, -0.2) is 26.4 Å². The van der Waals surface area contributed by atoms with Gasteiger partial charge in [0.2, 0.25) is 5.88 Å². The topological polar surface area (TPSA) is 143 Å². The first-order chi connectivity index (χ1) is 11.3. The van der Waals surface area contributed by atoms with E-state index >= 15 is 0 Å². The Bertz CT molecular complexity index is 909. The molecule has 0 atom stereocenters. The zero-order valence-electron chi connectivity index (χ0n) is 13.2. The van der Waals surface area contributed by atoms with Gasteiger partial charge in [-0.05, 0) is 25.5 Å². The molecule has 0 unspecified atom stereocenters. The summed E-state index contributed by atoms with van der Waals surface area (Å²) in [5.41, 5.74) is 6.56. The number of carbonyl (C=O) groups excluding carboxylic acids is 1. The summed E-state index contributed by atoms with van der Waals surface area (Å²) in [5, 5.41) is 14.2. The van der Waals surface area contributed by atoms with Crippen molar-refractivity contribution in [2.75, 3.05) is 0 Å². The molecule has 1 heterocycles. The maximum absolute atomic E-state index is 12.1. The average Bonchev–Trinajstić information content (AvgIpc) is 2.51. The summed E-state index contributed by atoms with van der Waals surface area (Å²) in [6, 6.07) is 5.86. The van der Waals surface area contributed by atoms with E-state index in [9.17, 15) is 19.5 Å². The zero-order valence-corrected chi connectivity index (χ0v) is 13.2. The number of hydrazone groups is 1. The van der Waals surface area contributed by atoms with E-state index in [4.69, 9.17) is 5.73 Å². The molecule has 126 valence electrons. The average molecular weight is 331 g/mol. The first-order valence-corrected chi connectivity index (χ1v) is 7.12. The number of hydrogen-bond acceptors (Lipinski definition) is 5. The molecule has 0 aliphatic carbocycles. The lowest BCUT2D eigenvalue weighted by Crippen LogP contribution is -2.34. The monoisotopic (exact) mass is 331 g/mol. The highest BCUT2D eigenvalue weighted by Crippen LogP contribution is 2.18. The van der Waals surface area contributed by atoms with Crippen LogP contribution in [0.5, 0.6) is 5.88 Å². The van der Waals surface area contributed by atoms with Crippen molar-refractivity contribution in [1.29, 1.82) is 0 Å². The van der Waals surface area contributed by atoms with Gasteiger partial charge in [0, 0.05) is 0 Å². The molecule has 2 aromatic rings. The Labute approximate surface area is 136 Å². The normalized spacial score (nSPS) is 11.3. The second-order valence-electron chi connectivity index (χ2n) is 5.02. The van der Waals surface area contributed by atoms with Gasteiger partial charge in [-0.2, -0.15) is 5.10 Å². The quantitative estimate of drug-likeness (QED) is 0.472. The smallest absolute Gasteiger partial charge is 0.335 e. The molecule has 5 N–H and O–H groups in total. The molecule has 1 aromatic heterocycles. The fraction of sp³-hybridized carbons (Fsp3) is 0.200. The van der Waals surface area contributed by atoms with Crippen molar-refractivity contribution >= 4 is 11.7 Å². The van der Waals surface area contributed by atoms with E-state index in [0.717, 1.165) is 10.1 Å². The van der Waals surface area contributed by atoms with Gasteiger partial charge in [-0.15, -0.1) is 0 Å². The third kappa shape index (κ3) is 3.35. The first-order valence-electron chi connectivity index (χ1n) is 7.12. The number of rotatable bonds is 4. The number of carbonyl (C=O) groups is 1. The molecule has 0 saturated carbocycles. The maximum Gasteiger partial charge on any atom is 0.335 e. The van der Waals surface area contributed by atoms with Crippen LogP contribution in [0.2, 0.25) is 0 Å². The van der Waals surface area contributed by atoms with Crippen LogP contribution >= 0.6 is 0 Å². The molecule has 0 aliphatic heterocycles. The minimum Gasteiger partial charge on any atom is -0.493 e. The second kappa shape index (κ2) is 6.82. The van der Waals surface area contributed by atoms with Gasteiger partial charge in [-0.3, -0.25) is 9.78 Å². The van der Waals surface area contributed by atoms with Gasteiger partial charge in [0.25, 0.3) is 5.56 Å². The molecule has 9 heteroatoms. The number of H-pyrrole nitrogens is 1. The highest BCUT2D eigenvalue weighted by atomic mass is 16.3. The molecule has 1 aromatic carbocycles. The summed E-state index contributed by atoms with van der Waals surface area (Å²) in [6.07, 6.45) is 0.211. The Morgan fingerprint density at radius 3 is 2.50 bits per heavy atom. The molecule has 0 spiro atoms. The number of nitrogens with zero attached hydrogens (tertiary/aromatic N) is 2. The van der Waals surface area contributed by atoms with E-state index in [0.29, 0.717) is 5.69 Å². The number of urea groups is 1. The van der Waals surface area contributed by atoms with Crippen LogP contribution in [0, 0.1) is 6.92 Å². The maximum atomic E-state index is 12.1. The summed E-state index contributed by atoms with van der Waals surface area (Å²) in [5.74, 6) is -0.570. The van der Waals surface area contributed by atoms with E-state index < -0.39 is 23.2 Å². The van der Waals surface area contributed by atoms with E-state index in [2.05, 4.69) is 10.1 Å². The number of nitrogens with one attached hydrogen (secondary N) is 2. The Hall–Kier alpha value is -3.36. The van der Waals surface area contributed by atoms with Crippen molar-refractivity contribution in [3.63, 3.8) is 0 Å². The second-order valence-corrected chi connectivity index (χ2v) is 5.02. The van der Waals surface area contributed by atoms with Crippen LogP contribution in [0.15, 0.2) is 39.0 Å². The van der Waals surface area contributed by atoms with E-state index in [1.165, 1.54) is 0 Å². The van der Waals surface area contributed by atoms with E-state index in [1.54, 1.807) is 31.2 Å².